The van der Waals surface area contributed by atoms with Gasteiger partial charge in [-0.3, -0.25) is 9.69 Å². The standard InChI is InChI=1S/C22H24ClN3OS/c1-16(2)26(14-17-7-6-10-19(23)13-17)15-20(27)25-21(22-24-11-12-28-22)18-8-4-3-5-9-18/h3-13,16,21H,14-15H2,1-2H3,(H,25,27). The van der Waals surface area contributed by atoms with Crippen molar-refractivity contribution in [3.8, 4) is 0 Å². The highest BCUT2D eigenvalue weighted by Crippen LogP contribution is 2.24. The van der Waals surface area contributed by atoms with Gasteiger partial charge in [-0.15, -0.1) is 11.3 Å². The molecule has 0 aliphatic rings. The summed E-state index contributed by atoms with van der Waals surface area (Å²) in [6.07, 6.45) is 1.77. The molecule has 1 amide bonds. The Morgan fingerprint density at radius 1 is 1.18 bits per heavy atom. The van der Waals surface area contributed by atoms with Gasteiger partial charge in [0.05, 0.1) is 6.54 Å². The second kappa shape index (κ2) is 9.82. The topological polar surface area (TPSA) is 45.2 Å². The van der Waals surface area contributed by atoms with Gasteiger partial charge in [-0.25, -0.2) is 4.98 Å². The maximum absolute atomic E-state index is 12.9. The first-order valence-corrected chi connectivity index (χ1v) is 10.5. The fourth-order valence-electron chi connectivity index (χ4n) is 2.99. The van der Waals surface area contributed by atoms with E-state index in [1.807, 2.05) is 60.0 Å². The number of carbonyl (C=O) groups is 1. The number of carbonyl (C=O) groups excluding carboxylic acids is 1. The summed E-state index contributed by atoms with van der Waals surface area (Å²) in [5.41, 5.74) is 2.12. The Bertz CT molecular complexity index is 884. The van der Waals surface area contributed by atoms with Crippen LogP contribution in [0, 0.1) is 0 Å². The quantitative estimate of drug-likeness (QED) is 0.570. The number of benzene rings is 2. The van der Waals surface area contributed by atoms with E-state index < -0.39 is 0 Å². The smallest absolute Gasteiger partial charge is 0.235 e. The van der Waals surface area contributed by atoms with Gasteiger partial charge in [-0.1, -0.05) is 54.1 Å². The average molecular weight is 414 g/mol. The first kappa shape index (κ1) is 20.5. The van der Waals surface area contributed by atoms with Crippen molar-refractivity contribution in [3.05, 3.63) is 87.3 Å². The molecule has 0 spiro atoms. The lowest BCUT2D eigenvalue weighted by molar-refractivity contribution is -0.123. The lowest BCUT2D eigenvalue weighted by Gasteiger charge is -2.27. The molecule has 0 saturated carbocycles. The van der Waals surface area contributed by atoms with E-state index in [2.05, 4.69) is 29.0 Å². The largest absolute Gasteiger partial charge is 0.342 e. The molecule has 4 nitrogen and oxygen atoms in total. The molecule has 1 aromatic heterocycles. The van der Waals surface area contributed by atoms with E-state index in [4.69, 9.17) is 11.6 Å². The van der Waals surface area contributed by atoms with Crippen LogP contribution in [-0.2, 0) is 11.3 Å². The first-order chi connectivity index (χ1) is 13.5. The number of amides is 1. The van der Waals surface area contributed by atoms with Gasteiger partial charge in [0, 0.05) is 29.2 Å². The highest BCUT2D eigenvalue weighted by atomic mass is 35.5. The Kier molecular flexibility index (Phi) is 7.20. The van der Waals surface area contributed by atoms with E-state index in [0.29, 0.717) is 18.1 Å². The highest BCUT2D eigenvalue weighted by Gasteiger charge is 2.21. The lowest BCUT2D eigenvalue weighted by atomic mass is 10.1. The number of rotatable bonds is 8. The fourth-order valence-corrected chi connectivity index (χ4v) is 3.92. The average Bonchev–Trinajstić information content (AvgIpc) is 3.21. The number of nitrogens with one attached hydrogen (secondary N) is 1. The third-order valence-electron chi connectivity index (χ3n) is 4.49. The third-order valence-corrected chi connectivity index (χ3v) is 5.56. The normalized spacial score (nSPS) is 12.3. The SMILES string of the molecule is CC(C)N(CC(=O)NC(c1ccccc1)c1nccs1)Cc1cccc(Cl)c1. The molecule has 0 bridgehead atoms. The van der Waals surface area contributed by atoms with Gasteiger partial charge >= 0.3 is 0 Å². The summed E-state index contributed by atoms with van der Waals surface area (Å²) in [6, 6.07) is 17.7. The summed E-state index contributed by atoms with van der Waals surface area (Å²) in [7, 11) is 0. The van der Waals surface area contributed by atoms with Gasteiger partial charge in [-0.2, -0.15) is 0 Å². The Hall–Kier alpha value is -2.21. The molecular formula is C22H24ClN3OS. The van der Waals surface area contributed by atoms with Gasteiger partial charge in [-0.05, 0) is 37.1 Å². The zero-order valence-corrected chi connectivity index (χ0v) is 17.6. The van der Waals surface area contributed by atoms with Gasteiger partial charge in [0.2, 0.25) is 5.91 Å². The second-order valence-corrected chi connectivity index (χ2v) is 8.27. The summed E-state index contributed by atoms with van der Waals surface area (Å²) in [6.45, 7) is 5.15. The number of hydrogen-bond donors (Lipinski definition) is 1. The Labute approximate surface area is 175 Å². The van der Waals surface area contributed by atoms with Crippen molar-refractivity contribution in [2.45, 2.75) is 32.5 Å². The number of halogens is 1. The second-order valence-electron chi connectivity index (χ2n) is 6.91. The van der Waals surface area contributed by atoms with Crippen LogP contribution in [0.1, 0.15) is 36.0 Å². The molecule has 1 heterocycles. The van der Waals surface area contributed by atoms with Crippen molar-refractivity contribution < 1.29 is 4.79 Å². The lowest BCUT2D eigenvalue weighted by Crippen LogP contribution is -2.41. The van der Waals surface area contributed by atoms with Gasteiger partial charge in [0.15, 0.2) is 0 Å². The predicted molar refractivity (Wildman–Crippen MR) is 116 cm³/mol. The Morgan fingerprint density at radius 2 is 1.96 bits per heavy atom. The molecule has 1 atom stereocenters. The molecule has 1 unspecified atom stereocenters. The summed E-state index contributed by atoms with van der Waals surface area (Å²) >= 11 is 7.65. The van der Waals surface area contributed by atoms with Crippen LogP contribution >= 0.6 is 22.9 Å². The fraction of sp³-hybridized carbons (Fsp3) is 0.273. The Balaban J connectivity index is 1.72. The highest BCUT2D eigenvalue weighted by molar-refractivity contribution is 7.09. The van der Waals surface area contributed by atoms with Gasteiger partial charge < -0.3 is 5.32 Å². The molecule has 0 fully saturated rings. The zero-order valence-electron chi connectivity index (χ0n) is 16.0. The van der Waals surface area contributed by atoms with Crippen molar-refractivity contribution in [1.82, 2.24) is 15.2 Å². The predicted octanol–water partition coefficient (Wildman–Crippen LogP) is 4.91. The maximum Gasteiger partial charge on any atom is 0.235 e. The van der Waals surface area contributed by atoms with Crippen LogP contribution in [0.4, 0.5) is 0 Å². The van der Waals surface area contributed by atoms with Crippen molar-refractivity contribution in [3.63, 3.8) is 0 Å². The number of aromatic nitrogens is 1. The molecule has 2 aromatic carbocycles. The maximum atomic E-state index is 12.9. The molecule has 0 aliphatic heterocycles. The van der Waals surface area contributed by atoms with Crippen LogP contribution in [0.25, 0.3) is 0 Å². The molecule has 0 aliphatic carbocycles. The minimum absolute atomic E-state index is 0.0280. The van der Waals surface area contributed by atoms with E-state index in [0.717, 1.165) is 16.1 Å². The molecule has 6 heteroatoms. The molecule has 28 heavy (non-hydrogen) atoms. The molecule has 146 valence electrons. The van der Waals surface area contributed by atoms with E-state index in [-0.39, 0.29) is 18.0 Å². The van der Waals surface area contributed by atoms with Crippen molar-refractivity contribution in [2.24, 2.45) is 0 Å². The van der Waals surface area contributed by atoms with E-state index in [1.54, 1.807) is 17.5 Å². The molecule has 0 radical (unpaired) electrons. The van der Waals surface area contributed by atoms with Crippen LogP contribution in [0.5, 0.6) is 0 Å². The van der Waals surface area contributed by atoms with Crippen LogP contribution in [0.2, 0.25) is 5.02 Å². The molecule has 1 N–H and O–H groups in total. The molecular weight excluding hydrogens is 390 g/mol. The molecule has 3 aromatic rings. The summed E-state index contributed by atoms with van der Waals surface area (Å²) in [4.78, 5) is 19.4. The molecule has 3 rings (SSSR count). The minimum Gasteiger partial charge on any atom is -0.342 e. The number of hydrogen-bond acceptors (Lipinski definition) is 4. The third kappa shape index (κ3) is 5.64. The first-order valence-electron chi connectivity index (χ1n) is 9.25. The zero-order chi connectivity index (χ0) is 19.9. The van der Waals surface area contributed by atoms with Crippen LogP contribution in [0.3, 0.4) is 0 Å². The summed E-state index contributed by atoms with van der Waals surface area (Å²) in [5.74, 6) is -0.0280. The number of thiazole rings is 1. The Morgan fingerprint density at radius 3 is 2.61 bits per heavy atom. The van der Waals surface area contributed by atoms with Gasteiger partial charge in [0.1, 0.15) is 11.0 Å². The van der Waals surface area contributed by atoms with E-state index >= 15 is 0 Å². The molecule has 0 saturated heterocycles. The van der Waals surface area contributed by atoms with E-state index in [9.17, 15) is 4.79 Å². The number of nitrogens with zero attached hydrogens (tertiary/aromatic N) is 2. The summed E-state index contributed by atoms with van der Waals surface area (Å²) < 4.78 is 0. The summed E-state index contributed by atoms with van der Waals surface area (Å²) in [5, 5.41) is 6.67. The van der Waals surface area contributed by atoms with Crippen molar-refractivity contribution >= 4 is 28.8 Å². The van der Waals surface area contributed by atoms with Crippen LogP contribution < -0.4 is 5.32 Å². The van der Waals surface area contributed by atoms with Crippen molar-refractivity contribution in [2.75, 3.05) is 6.54 Å². The van der Waals surface area contributed by atoms with Crippen LogP contribution in [0.15, 0.2) is 66.2 Å². The van der Waals surface area contributed by atoms with E-state index in [1.165, 1.54) is 0 Å². The van der Waals surface area contributed by atoms with Crippen LogP contribution in [-0.4, -0.2) is 28.4 Å². The van der Waals surface area contributed by atoms with Gasteiger partial charge in [0.25, 0.3) is 0 Å². The monoisotopic (exact) mass is 413 g/mol. The minimum atomic E-state index is -0.242. The van der Waals surface area contributed by atoms with Crippen molar-refractivity contribution in [1.29, 1.82) is 0 Å².